The van der Waals surface area contributed by atoms with Crippen LogP contribution in [-0.4, -0.2) is 66.5 Å². The number of aromatic nitrogens is 2. The molecule has 9 nitrogen and oxygen atoms in total. The molecule has 1 aromatic carbocycles. The Morgan fingerprint density at radius 3 is 2.21 bits per heavy atom. The van der Waals surface area contributed by atoms with E-state index in [2.05, 4.69) is 10.4 Å². The summed E-state index contributed by atoms with van der Waals surface area (Å²) < 4.78 is 66.0. The number of halogens is 3. The Kier molecular flexibility index (Phi) is 7.36. The summed E-state index contributed by atoms with van der Waals surface area (Å²) in [5.74, 6) is 0. The third kappa shape index (κ3) is 5.09. The van der Waals surface area contributed by atoms with Gasteiger partial charge in [0.15, 0.2) is 0 Å². The molecule has 1 fully saturated rings. The highest BCUT2D eigenvalue weighted by molar-refractivity contribution is 7.89. The van der Waals surface area contributed by atoms with E-state index < -0.39 is 38.6 Å². The molecular weight excluding hydrogens is 475 g/mol. The van der Waals surface area contributed by atoms with E-state index in [9.17, 15) is 31.2 Å². The number of hydrogen-bond acceptors (Lipinski definition) is 6. The topological polar surface area (TPSA) is 105 Å². The minimum absolute atomic E-state index is 0.00939. The summed E-state index contributed by atoms with van der Waals surface area (Å²) in [5, 5.41) is 5.84. The van der Waals surface area contributed by atoms with Crippen LogP contribution in [0.25, 0.3) is 11.1 Å². The third-order valence-electron chi connectivity index (χ3n) is 5.51. The molecule has 0 saturated carbocycles. The van der Waals surface area contributed by atoms with Crippen molar-refractivity contribution in [3.8, 4) is 11.1 Å². The largest absolute Gasteiger partial charge is 0.416 e. The van der Waals surface area contributed by atoms with Crippen molar-refractivity contribution >= 4 is 21.7 Å². The Morgan fingerprint density at radius 1 is 1.12 bits per heavy atom. The summed E-state index contributed by atoms with van der Waals surface area (Å²) in [4.78, 5) is 27.3. The van der Waals surface area contributed by atoms with E-state index in [1.165, 1.54) is 22.6 Å². The molecule has 1 aliphatic rings. The number of carbonyl (C=O) groups excluding carboxylic acids is 1. The van der Waals surface area contributed by atoms with Crippen molar-refractivity contribution in [3.63, 3.8) is 0 Å². The predicted molar refractivity (Wildman–Crippen MR) is 121 cm³/mol. The van der Waals surface area contributed by atoms with Crippen LogP contribution in [0.3, 0.4) is 0 Å². The molecule has 13 heteroatoms. The van der Waals surface area contributed by atoms with Gasteiger partial charge < -0.3 is 10.2 Å². The lowest BCUT2D eigenvalue weighted by Crippen LogP contribution is -2.51. The smallest absolute Gasteiger partial charge is 0.367 e. The van der Waals surface area contributed by atoms with Crippen LogP contribution in [-0.2, 0) is 16.2 Å². The van der Waals surface area contributed by atoms with E-state index in [1.54, 1.807) is 25.7 Å². The Hall–Kier alpha value is -2.93. The second-order valence-electron chi connectivity index (χ2n) is 8.01. The fourth-order valence-corrected chi connectivity index (χ4v) is 4.90. The lowest BCUT2D eigenvalue weighted by atomic mass is 10.0. The summed E-state index contributed by atoms with van der Waals surface area (Å²) in [6, 6.07) is 3.31. The highest BCUT2D eigenvalue weighted by Gasteiger charge is 2.32. The average molecular weight is 502 g/mol. The zero-order valence-electron chi connectivity index (χ0n) is 19.0. The summed E-state index contributed by atoms with van der Waals surface area (Å²) >= 11 is 0. The molecule has 0 unspecified atom stereocenters. The van der Waals surface area contributed by atoms with Gasteiger partial charge in [-0.05, 0) is 38.5 Å². The van der Waals surface area contributed by atoms with Gasteiger partial charge in [0.2, 0.25) is 10.0 Å². The second-order valence-corrected chi connectivity index (χ2v) is 10.5. The average Bonchev–Trinajstić information content (AvgIpc) is 2.78. The highest BCUT2D eigenvalue weighted by atomic mass is 32.2. The van der Waals surface area contributed by atoms with Gasteiger partial charge in [0.25, 0.3) is 5.56 Å². The second kappa shape index (κ2) is 9.74. The molecule has 34 heavy (non-hydrogen) atoms. The van der Waals surface area contributed by atoms with Crippen LogP contribution < -0.4 is 15.8 Å². The maximum absolute atomic E-state index is 13.2. The maximum atomic E-state index is 13.2. The SMILES string of the molecule is CCNC(=O)n1ncc(N2CCN(S(=O)(=O)C(C)C)CC2)c(-c2ccc(C(F)(F)F)cc2)c1=O. The first-order valence-corrected chi connectivity index (χ1v) is 12.2. The molecule has 0 aliphatic carbocycles. The van der Waals surface area contributed by atoms with E-state index >= 15 is 0 Å². The van der Waals surface area contributed by atoms with Gasteiger partial charge in [-0.1, -0.05) is 12.1 Å². The molecule has 1 N–H and O–H groups in total. The molecule has 0 radical (unpaired) electrons. The molecule has 0 spiro atoms. The summed E-state index contributed by atoms with van der Waals surface area (Å²) in [7, 11) is -3.45. The maximum Gasteiger partial charge on any atom is 0.416 e. The first-order chi connectivity index (χ1) is 15.9. The Bertz CT molecular complexity index is 1200. The molecule has 2 heterocycles. The molecule has 0 bridgehead atoms. The standard InChI is InChI=1S/C21H26F3N5O4S/c1-4-25-20(31)29-19(30)18(15-5-7-16(8-6-15)21(22,23)24)17(13-26-29)27-9-11-28(12-10-27)34(32,33)14(2)3/h5-8,13-14H,4,9-12H2,1-3H3,(H,25,31). The number of carbonyl (C=O) groups is 1. The fraction of sp³-hybridized carbons (Fsp3) is 0.476. The first kappa shape index (κ1) is 25.7. The molecular formula is C21H26F3N5O4S. The Balaban J connectivity index is 2.04. The van der Waals surface area contributed by atoms with Gasteiger partial charge in [-0.15, -0.1) is 4.68 Å². The van der Waals surface area contributed by atoms with Crippen LogP contribution in [0, 0.1) is 0 Å². The summed E-state index contributed by atoms with van der Waals surface area (Å²) in [5.41, 5.74) is -1.16. The van der Waals surface area contributed by atoms with Crippen LogP contribution in [0.5, 0.6) is 0 Å². The number of alkyl halides is 3. The van der Waals surface area contributed by atoms with E-state index in [-0.39, 0.29) is 43.9 Å². The first-order valence-electron chi connectivity index (χ1n) is 10.7. The number of nitrogens with zero attached hydrogens (tertiary/aromatic N) is 4. The lowest BCUT2D eigenvalue weighted by molar-refractivity contribution is -0.137. The van der Waals surface area contributed by atoms with Gasteiger partial charge in [0.05, 0.1) is 28.3 Å². The number of nitrogens with one attached hydrogen (secondary N) is 1. The van der Waals surface area contributed by atoms with Crippen molar-refractivity contribution in [2.24, 2.45) is 0 Å². The molecule has 1 aliphatic heterocycles. The molecule has 186 valence electrons. The molecule has 1 saturated heterocycles. The molecule has 3 rings (SSSR count). The number of piperazine rings is 1. The third-order valence-corrected chi connectivity index (χ3v) is 7.79. The normalized spacial score (nSPS) is 15.6. The zero-order chi connectivity index (χ0) is 25.3. The molecule has 1 aromatic heterocycles. The van der Waals surface area contributed by atoms with Crippen molar-refractivity contribution in [1.82, 2.24) is 19.4 Å². The fourth-order valence-electron chi connectivity index (χ4n) is 3.63. The lowest BCUT2D eigenvalue weighted by Gasteiger charge is -2.36. The zero-order valence-corrected chi connectivity index (χ0v) is 19.8. The van der Waals surface area contributed by atoms with Gasteiger partial charge >= 0.3 is 12.2 Å². The van der Waals surface area contributed by atoms with Crippen molar-refractivity contribution in [2.75, 3.05) is 37.6 Å². The van der Waals surface area contributed by atoms with Crippen molar-refractivity contribution < 1.29 is 26.4 Å². The van der Waals surface area contributed by atoms with Gasteiger partial charge in [0, 0.05) is 32.7 Å². The summed E-state index contributed by atoms with van der Waals surface area (Å²) in [6.07, 6.45) is -3.24. The van der Waals surface area contributed by atoms with Crippen LogP contribution >= 0.6 is 0 Å². The quantitative estimate of drug-likeness (QED) is 0.675. The molecule has 2 aromatic rings. The van der Waals surface area contributed by atoms with Crippen molar-refractivity contribution in [3.05, 3.63) is 46.4 Å². The minimum Gasteiger partial charge on any atom is -0.367 e. The van der Waals surface area contributed by atoms with Crippen molar-refractivity contribution in [1.29, 1.82) is 0 Å². The summed E-state index contributed by atoms with van der Waals surface area (Å²) in [6.45, 7) is 5.93. The van der Waals surface area contributed by atoms with Gasteiger partial charge in [0.1, 0.15) is 0 Å². The Labute approximate surface area is 195 Å². The molecule has 1 amide bonds. The van der Waals surface area contributed by atoms with Gasteiger partial charge in [-0.25, -0.2) is 13.2 Å². The number of hydrogen-bond donors (Lipinski definition) is 1. The highest BCUT2D eigenvalue weighted by Crippen LogP contribution is 2.33. The monoisotopic (exact) mass is 501 g/mol. The predicted octanol–water partition coefficient (Wildman–Crippen LogP) is 2.37. The number of rotatable bonds is 5. The van der Waals surface area contributed by atoms with E-state index in [0.717, 1.165) is 12.1 Å². The van der Waals surface area contributed by atoms with E-state index in [0.29, 0.717) is 10.4 Å². The number of anilines is 1. The van der Waals surface area contributed by atoms with Gasteiger partial charge in [-0.2, -0.15) is 22.6 Å². The van der Waals surface area contributed by atoms with Crippen LogP contribution in [0.4, 0.5) is 23.7 Å². The number of amides is 1. The number of benzene rings is 1. The van der Waals surface area contributed by atoms with Gasteiger partial charge in [-0.3, -0.25) is 4.79 Å². The van der Waals surface area contributed by atoms with E-state index in [4.69, 9.17) is 0 Å². The van der Waals surface area contributed by atoms with Crippen molar-refractivity contribution in [2.45, 2.75) is 32.2 Å². The molecule has 0 atom stereocenters. The number of sulfonamides is 1. The van der Waals surface area contributed by atoms with E-state index in [1.807, 2.05) is 0 Å². The minimum atomic E-state index is -4.54. The van der Waals surface area contributed by atoms with Crippen LogP contribution in [0.2, 0.25) is 0 Å². The van der Waals surface area contributed by atoms with Crippen LogP contribution in [0.1, 0.15) is 26.3 Å². The Morgan fingerprint density at radius 2 is 1.71 bits per heavy atom. The van der Waals surface area contributed by atoms with Crippen LogP contribution in [0.15, 0.2) is 35.3 Å².